The number of para-hydroxylation sites is 1. The van der Waals surface area contributed by atoms with Gasteiger partial charge in [-0.05, 0) is 36.6 Å². The molecule has 0 aromatic heterocycles. The average molecular weight is 359 g/mol. The van der Waals surface area contributed by atoms with Crippen LogP contribution in [-0.4, -0.2) is 37.1 Å². The van der Waals surface area contributed by atoms with Crippen LogP contribution in [0.25, 0.3) is 0 Å². The van der Waals surface area contributed by atoms with Crippen LogP contribution < -0.4 is 10.2 Å². The van der Waals surface area contributed by atoms with Crippen molar-refractivity contribution < 1.29 is 13.6 Å². The maximum atomic E-state index is 13.9. The molecule has 1 aliphatic rings. The number of nitrogens with one attached hydrogen (secondary N) is 1. The number of hydrogen-bond donors (Lipinski definition) is 1. The molecule has 1 aliphatic heterocycles. The highest BCUT2D eigenvalue weighted by Gasteiger charge is 2.23. The molecule has 0 radical (unpaired) electrons. The lowest BCUT2D eigenvalue weighted by molar-refractivity contribution is 0.208. The SMILES string of the molecule is CCc1cccc(C)c1NC(=O)N1CCN(c2ccc(F)cc2F)CC1. The molecule has 1 N–H and O–H groups in total. The molecule has 1 heterocycles. The Hall–Kier alpha value is -2.63. The lowest BCUT2D eigenvalue weighted by atomic mass is 10.1. The van der Waals surface area contributed by atoms with Crippen LogP contribution in [-0.2, 0) is 6.42 Å². The van der Waals surface area contributed by atoms with Crippen molar-refractivity contribution >= 4 is 17.4 Å². The summed E-state index contributed by atoms with van der Waals surface area (Å²) in [5.74, 6) is -1.16. The summed E-state index contributed by atoms with van der Waals surface area (Å²) in [7, 11) is 0. The second kappa shape index (κ2) is 7.72. The molecule has 6 heteroatoms. The van der Waals surface area contributed by atoms with Crippen LogP contribution in [0, 0.1) is 18.6 Å². The van der Waals surface area contributed by atoms with E-state index in [0.29, 0.717) is 31.9 Å². The Balaban J connectivity index is 1.64. The highest BCUT2D eigenvalue weighted by Crippen LogP contribution is 2.24. The molecule has 0 saturated carbocycles. The number of aryl methyl sites for hydroxylation is 2. The third-order valence-corrected chi connectivity index (χ3v) is 4.79. The fourth-order valence-electron chi connectivity index (χ4n) is 3.28. The minimum Gasteiger partial charge on any atom is -0.366 e. The highest BCUT2D eigenvalue weighted by molar-refractivity contribution is 5.91. The summed E-state index contributed by atoms with van der Waals surface area (Å²) in [6.07, 6.45) is 0.842. The third kappa shape index (κ3) is 3.79. The number of carbonyl (C=O) groups excluding carboxylic acids is 1. The molecule has 2 aromatic rings. The molecular weight excluding hydrogens is 336 g/mol. The van der Waals surface area contributed by atoms with E-state index in [4.69, 9.17) is 0 Å². The predicted molar refractivity (Wildman–Crippen MR) is 99.7 cm³/mol. The van der Waals surface area contributed by atoms with Gasteiger partial charge >= 0.3 is 6.03 Å². The van der Waals surface area contributed by atoms with Crippen LogP contribution in [0.4, 0.5) is 25.0 Å². The van der Waals surface area contributed by atoms with Gasteiger partial charge in [0, 0.05) is 37.9 Å². The molecule has 1 saturated heterocycles. The second-order valence-corrected chi connectivity index (χ2v) is 6.46. The van der Waals surface area contributed by atoms with Crippen LogP contribution in [0.5, 0.6) is 0 Å². The number of anilines is 2. The number of hydrogen-bond acceptors (Lipinski definition) is 2. The first-order valence-corrected chi connectivity index (χ1v) is 8.84. The Labute approximate surface area is 152 Å². The zero-order valence-corrected chi connectivity index (χ0v) is 15.1. The summed E-state index contributed by atoms with van der Waals surface area (Å²) in [5, 5.41) is 3.02. The number of benzene rings is 2. The van der Waals surface area contributed by atoms with Gasteiger partial charge in [-0.25, -0.2) is 13.6 Å². The van der Waals surface area contributed by atoms with Gasteiger partial charge in [-0.2, -0.15) is 0 Å². The molecule has 2 amide bonds. The molecule has 138 valence electrons. The molecule has 4 nitrogen and oxygen atoms in total. The van der Waals surface area contributed by atoms with Gasteiger partial charge in [0.25, 0.3) is 0 Å². The smallest absolute Gasteiger partial charge is 0.321 e. The molecule has 2 aromatic carbocycles. The standard InChI is InChI=1S/C20H23F2N3O/c1-3-15-6-4-5-14(2)19(15)23-20(26)25-11-9-24(10-12-25)18-8-7-16(21)13-17(18)22/h4-8,13H,3,9-12H2,1-2H3,(H,23,26). The number of piperazine rings is 1. The molecule has 0 bridgehead atoms. The molecule has 0 unspecified atom stereocenters. The zero-order valence-electron chi connectivity index (χ0n) is 15.1. The normalized spacial score (nSPS) is 14.5. The van der Waals surface area contributed by atoms with Crippen molar-refractivity contribution in [3.05, 3.63) is 59.2 Å². The minimum atomic E-state index is -0.589. The molecule has 1 fully saturated rings. The van der Waals surface area contributed by atoms with E-state index in [1.165, 1.54) is 12.1 Å². The van der Waals surface area contributed by atoms with Gasteiger partial charge in [-0.1, -0.05) is 25.1 Å². The van der Waals surface area contributed by atoms with Crippen LogP contribution >= 0.6 is 0 Å². The van der Waals surface area contributed by atoms with Crippen molar-refractivity contribution in [3.8, 4) is 0 Å². The van der Waals surface area contributed by atoms with Crippen LogP contribution in [0.15, 0.2) is 36.4 Å². The fourth-order valence-corrected chi connectivity index (χ4v) is 3.28. The lowest BCUT2D eigenvalue weighted by Crippen LogP contribution is -2.50. The van der Waals surface area contributed by atoms with E-state index >= 15 is 0 Å². The molecular formula is C20H23F2N3O. The fraction of sp³-hybridized carbons (Fsp3) is 0.350. The summed E-state index contributed by atoms with van der Waals surface area (Å²) in [6, 6.07) is 9.41. The topological polar surface area (TPSA) is 35.6 Å². The van der Waals surface area contributed by atoms with E-state index in [1.807, 2.05) is 30.0 Å². The molecule has 3 rings (SSSR count). The molecule has 26 heavy (non-hydrogen) atoms. The number of urea groups is 1. The Morgan fingerprint density at radius 1 is 1.12 bits per heavy atom. The van der Waals surface area contributed by atoms with Crippen molar-refractivity contribution in [2.75, 3.05) is 36.4 Å². The van der Waals surface area contributed by atoms with Crippen LogP contribution in [0.1, 0.15) is 18.1 Å². The molecule has 0 spiro atoms. The van der Waals surface area contributed by atoms with Crippen LogP contribution in [0.3, 0.4) is 0 Å². The maximum Gasteiger partial charge on any atom is 0.321 e. The quantitative estimate of drug-likeness (QED) is 0.892. The number of halogens is 2. The molecule has 0 aliphatic carbocycles. The van der Waals surface area contributed by atoms with Gasteiger partial charge in [-0.3, -0.25) is 0 Å². The van der Waals surface area contributed by atoms with Gasteiger partial charge in [0.2, 0.25) is 0 Å². The van der Waals surface area contributed by atoms with E-state index < -0.39 is 11.6 Å². The first-order valence-electron chi connectivity index (χ1n) is 8.84. The summed E-state index contributed by atoms with van der Waals surface area (Å²) in [5.41, 5.74) is 3.38. The summed E-state index contributed by atoms with van der Waals surface area (Å²) < 4.78 is 27.0. The maximum absolute atomic E-state index is 13.9. The monoisotopic (exact) mass is 359 g/mol. The Morgan fingerprint density at radius 2 is 1.85 bits per heavy atom. The van der Waals surface area contributed by atoms with E-state index in [2.05, 4.69) is 12.2 Å². The molecule has 0 atom stereocenters. The van der Waals surface area contributed by atoms with Crippen LogP contribution in [0.2, 0.25) is 0 Å². The minimum absolute atomic E-state index is 0.145. The number of carbonyl (C=O) groups is 1. The first kappa shape index (κ1) is 18.2. The van der Waals surface area contributed by atoms with Crippen molar-refractivity contribution in [1.29, 1.82) is 0 Å². The van der Waals surface area contributed by atoms with Crippen molar-refractivity contribution in [2.24, 2.45) is 0 Å². The lowest BCUT2D eigenvalue weighted by Gasteiger charge is -2.36. The Kier molecular flexibility index (Phi) is 5.40. The van der Waals surface area contributed by atoms with Gasteiger partial charge in [-0.15, -0.1) is 0 Å². The summed E-state index contributed by atoms with van der Waals surface area (Å²) >= 11 is 0. The van der Waals surface area contributed by atoms with Gasteiger partial charge in [0.05, 0.1) is 5.69 Å². The third-order valence-electron chi connectivity index (χ3n) is 4.79. The van der Waals surface area contributed by atoms with Crippen molar-refractivity contribution in [1.82, 2.24) is 4.90 Å². The van der Waals surface area contributed by atoms with Crippen molar-refractivity contribution in [3.63, 3.8) is 0 Å². The predicted octanol–water partition coefficient (Wildman–Crippen LogP) is 4.19. The zero-order chi connectivity index (χ0) is 18.7. The largest absolute Gasteiger partial charge is 0.366 e. The van der Waals surface area contributed by atoms with E-state index in [0.717, 1.165) is 29.3 Å². The van der Waals surface area contributed by atoms with Crippen molar-refractivity contribution in [2.45, 2.75) is 20.3 Å². The summed E-state index contributed by atoms with van der Waals surface area (Å²) in [4.78, 5) is 16.2. The van der Waals surface area contributed by atoms with Gasteiger partial charge in [0.1, 0.15) is 11.6 Å². The Bertz CT molecular complexity index is 802. The first-order chi connectivity index (χ1) is 12.5. The number of nitrogens with zero attached hydrogens (tertiary/aromatic N) is 2. The average Bonchev–Trinajstić information content (AvgIpc) is 2.63. The number of rotatable bonds is 3. The Morgan fingerprint density at radius 3 is 2.50 bits per heavy atom. The van der Waals surface area contributed by atoms with E-state index in [-0.39, 0.29) is 6.03 Å². The number of amides is 2. The van der Waals surface area contributed by atoms with Gasteiger partial charge < -0.3 is 15.1 Å². The van der Waals surface area contributed by atoms with Gasteiger partial charge in [0.15, 0.2) is 0 Å². The second-order valence-electron chi connectivity index (χ2n) is 6.46. The summed E-state index contributed by atoms with van der Waals surface area (Å²) in [6.45, 7) is 6.01. The van der Waals surface area contributed by atoms with E-state index in [9.17, 15) is 13.6 Å². The van der Waals surface area contributed by atoms with E-state index in [1.54, 1.807) is 4.90 Å². The highest BCUT2D eigenvalue weighted by atomic mass is 19.1.